The number of nitrogens with one attached hydrogen (secondary N) is 1. The van der Waals surface area contributed by atoms with Crippen molar-refractivity contribution in [3.8, 4) is 5.88 Å². The fraction of sp³-hybridized carbons (Fsp3) is 0.154. The highest BCUT2D eigenvalue weighted by Crippen LogP contribution is 2.24. The third kappa shape index (κ3) is 3.96. The number of aromatic nitrogens is 2. The number of anilines is 1. The maximum Gasteiger partial charge on any atom is 0.337 e. The van der Waals surface area contributed by atoms with Crippen LogP contribution < -0.4 is 9.46 Å². The van der Waals surface area contributed by atoms with E-state index in [-0.39, 0.29) is 22.2 Å². The zero-order chi connectivity index (χ0) is 17.0. The van der Waals surface area contributed by atoms with Crippen molar-refractivity contribution in [3.63, 3.8) is 0 Å². The van der Waals surface area contributed by atoms with Gasteiger partial charge in [0, 0.05) is 0 Å². The fourth-order valence-electron chi connectivity index (χ4n) is 1.66. The van der Waals surface area contributed by atoms with E-state index >= 15 is 0 Å². The fourth-order valence-corrected chi connectivity index (χ4v) is 2.97. The van der Waals surface area contributed by atoms with Crippen molar-refractivity contribution >= 4 is 37.7 Å². The number of rotatable bonds is 5. The molecule has 2 rings (SSSR count). The number of carbonyl (C=O) groups is 1. The predicted molar refractivity (Wildman–Crippen MR) is 84.9 cm³/mol. The van der Waals surface area contributed by atoms with Gasteiger partial charge in [0.25, 0.3) is 15.9 Å². The number of benzene rings is 1. The minimum Gasteiger partial charge on any atom is -0.478 e. The molecule has 0 unspecified atom stereocenters. The van der Waals surface area contributed by atoms with E-state index in [1.54, 1.807) is 0 Å². The molecule has 0 saturated carbocycles. The number of methoxy groups -OCH3 is 2. The van der Waals surface area contributed by atoms with E-state index in [2.05, 4.69) is 35.4 Å². The zero-order valence-electron chi connectivity index (χ0n) is 12.1. The molecule has 0 atom stereocenters. The van der Waals surface area contributed by atoms with Crippen molar-refractivity contribution < 1.29 is 22.7 Å². The molecule has 1 aromatic carbocycles. The SMILES string of the molecule is COC(=O)c1cccc(S(=O)(=O)Nc2ncc(Br)nc2OC)c1. The van der Waals surface area contributed by atoms with Crippen molar-refractivity contribution in [2.24, 2.45) is 0 Å². The van der Waals surface area contributed by atoms with Crippen LogP contribution in [0, 0.1) is 0 Å². The maximum absolute atomic E-state index is 12.4. The number of ether oxygens (including phenoxy) is 2. The lowest BCUT2D eigenvalue weighted by atomic mass is 10.2. The monoisotopic (exact) mass is 401 g/mol. The predicted octanol–water partition coefficient (Wildman–Crippen LogP) is 1.84. The second-order valence-electron chi connectivity index (χ2n) is 4.18. The highest BCUT2D eigenvalue weighted by atomic mass is 79.9. The molecule has 0 bridgehead atoms. The Morgan fingerprint density at radius 2 is 2.04 bits per heavy atom. The number of hydrogen-bond donors (Lipinski definition) is 1. The maximum atomic E-state index is 12.4. The van der Waals surface area contributed by atoms with Gasteiger partial charge in [0.2, 0.25) is 5.82 Å². The quantitative estimate of drug-likeness (QED) is 0.761. The first-order valence-corrected chi connectivity index (χ1v) is 8.42. The van der Waals surface area contributed by atoms with Gasteiger partial charge >= 0.3 is 5.97 Å². The third-order valence-electron chi connectivity index (χ3n) is 2.70. The van der Waals surface area contributed by atoms with Crippen molar-refractivity contribution in [2.45, 2.75) is 4.90 Å². The highest BCUT2D eigenvalue weighted by Gasteiger charge is 2.20. The molecule has 0 aliphatic carbocycles. The molecule has 122 valence electrons. The normalized spacial score (nSPS) is 10.9. The molecule has 0 radical (unpaired) electrons. The summed E-state index contributed by atoms with van der Waals surface area (Å²) in [6, 6.07) is 5.43. The number of hydrogen-bond acceptors (Lipinski definition) is 7. The summed E-state index contributed by atoms with van der Waals surface area (Å²) in [6.45, 7) is 0. The van der Waals surface area contributed by atoms with Gasteiger partial charge in [-0.05, 0) is 34.1 Å². The van der Waals surface area contributed by atoms with Gasteiger partial charge in [-0.25, -0.2) is 23.2 Å². The first-order valence-electron chi connectivity index (χ1n) is 6.15. The molecular formula is C13H12BrN3O5S. The van der Waals surface area contributed by atoms with E-state index in [1.807, 2.05) is 0 Å². The van der Waals surface area contributed by atoms with E-state index in [0.29, 0.717) is 4.60 Å². The highest BCUT2D eigenvalue weighted by molar-refractivity contribution is 9.10. The number of carbonyl (C=O) groups excluding carboxylic acids is 1. The van der Waals surface area contributed by atoms with Crippen molar-refractivity contribution in [2.75, 3.05) is 18.9 Å². The average Bonchev–Trinajstić information content (AvgIpc) is 2.55. The molecule has 8 nitrogen and oxygen atoms in total. The average molecular weight is 402 g/mol. The molecule has 1 heterocycles. The Bertz CT molecular complexity index is 841. The first-order chi connectivity index (χ1) is 10.9. The molecule has 10 heteroatoms. The first kappa shape index (κ1) is 17.2. The second kappa shape index (κ2) is 6.92. The summed E-state index contributed by atoms with van der Waals surface area (Å²) >= 11 is 3.11. The lowest BCUT2D eigenvalue weighted by molar-refractivity contribution is 0.0600. The summed E-state index contributed by atoms with van der Waals surface area (Å²) in [6.07, 6.45) is 1.32. The van der Waals surface area contributed by atoms with Gasteiger partial charge in [-0.3, -0.25) is 4.72 Å². The molecule has 0 aliphatic heterocycles. The Labute approximate surface area is 141 Å². The van der Waals surface area contributed by atoms with Gasteiger partial charge in [0.1, 0.15) is 4.60 Å². The van der Waals surface area contributed by atoms with E-state index in [0.717, 1.165) is 0 Å². The van der Waals surface area contributed by atoms with Crippen LogP contribution in [-0.2, 0) is 14.8 Å². The van der Waals surface area contributed by atoms with Crippen LogP contribution in [-0.4, -0.2) is 38.6 Å². The van der Waals surface area contributed by atoms with Gasteiger partial charge in [-0.1, -0.05) is 6.07 Å². The third-order valence-corrected chi connectivity index (χ3v) is 4.42. The molecule has 1 aromatic heterocycles. The summed E-state index contributed by atoms with van der Waals surface area (Å²) in [5, 5.41) is 0. The zero-order valence-corrected chi connectivity index (χ0v) is 14.5. The Morgan fingerprint density at radius 1 is 1.30 bits per heavy atom. The van der Waals surface area contributed by atoms with Crippen LogP contribution in [0.2, 0.25) is 0 Å². The lowest BCUT2D eigenvalue weighted by Crippen LogP contribution is -2.16. The van der Waals surface area contributed by atoms with Gasteiger partial charge in [0.05, 0.1) is 30.9 Å². The smallest absolute Gasteiger partial charge is 0.337 e. The van der Waals surface area contributed by atoms with Crippen LogP contribution in [0.1, 0.15) is 10.4 Å². The summed E-state index contributed by atoms with van der Waals surface area (Å²) < 4.78 is 37.1. The van der Waals surface area contributed by atoms with Crippen LogP contribution in [0.25, 0.3) is 0 Å². The number of halogens is 1. The van der Waals surface area contributed by atoms with Crippen molar-refractivity contribution in [3.05, 3.63) is 40.6 Å². The van der Waals surface area contributed by atoms with Crippen LogP contribution in [0.5, 0.6) is 5.88 Å². The van der Waals surface area contributed by atoms with Crippen LogP contribution in [0.3, 0.4) is 0 Å². The summed E-state index contributed by atoms with van der Waals surface area (Å²) in [7, 11) is -1.43. The Morgan fingerprint density at radius 3 is 2.70 bits per heavy atom. The molecule has 23 heavy (non-hydrogen) atoms. The van der Waals surface area contributed by atoms with E-state index < -0.39 is 16.0 Å². The van der Waals surface area contributed by atoms with Crippen LogP contribution in [0.4, 0.5) is 5.82 Å². The molecule has 0 spiro atoms. The molecule has 1 N–H and O–H groups in total. The Balaban J connectivity index is 2.38. The minimum absolute atomic E-state index is 0.00655. The number of sulfonamides is 1. The van der Waals surface area contributed by atoms with Gasteiger partial charge < -0.3 is 9.47 Å². The minimum atomic E-state index is -3.98. The van der Waals surface area contributed by atoms with Crippen molar-refractivity contribution in [1.29, 1.82) is 0 Å². The summed E-state index contributed by atoms with van der Waals surface area (Å²) in [5.74, 6) is -0.700. The summed E-state index contributed by atoms with van der Waals surface area (Å²) in [4.78, 5) is 19.3. The van der Waals surface area contributed by atoms with Gasteiger partial charge in [-0.2, -0.15) is 0 Å². The second-order valence-corrected chi connectivity index (χ2v) is 6.67. The molecular weight excluding hydrogens is 390 g/mol. The van der Waals surface area contributed by atoms with Gasteiger partial charge in [0.15, 0.2) is 0 Å². The largest absolute Gasteiger partial charge is 0.478 e. The topological polar surface area (TPSA) is 107 Å². The standard InChI is InChI=1S/C13H12BrN3O5S/c1-21-12-11(15-7-10(14)16-12)17-23(19,20)9-5-3-4-8(6-9)13(18)22-2/h3-7H,1-2H3,(H,15,17). The lowest BCUT2D eigenvalue weighted by Gasteiger charge is -2.10. The Kier molecular flexibility index (Phi) is 5.16. The molecule has 0 amide bonds. The number of esters is 1. The van der Waals surface area contributed by atoms with E-state index in [1.165, 1.54) is 44.7 Å². The molecule has 0 fully saturated rings. The van der Waals surface area contributed by atoms with Crippen LogP contribution in [0.15, 0.2) is 40.0 Å². The molecule has 2 aromatic rings. The van der Waals surface area contributed by atoms with Crippen LogP contribution >= 0.6 is 15.9 Å². The molecule has 0 aliphatic rings. The Hall–Kier alpha value is -2.20. The van der Waals surface area contributed by atoms with Crippen molar-refractivity contribution in [1.82, 2.24) is 9.97 Å². The van der Waals surface area contributed by atoms with E-state index in [9.17, 15) is 13.2 Å². The summed E-state index contributed by atoms with van der Waals surface area (Å²) in [5.41, 5.74) is 0.115. The van der Waals surface area contributed by atoms with E-state index in [4.69, 9.17) is 4.74 Å². The molecule has 0 saturated heterocycles. The number of nitrogens with zero attached hydrogens (tertiary/aromatic N) is 2. The van der Waals surface area contributed by atoms with Gasteiger partial charge in [-0.15, -0.1) is 0 Å².